The van der Waals surface area contributed by atoms with Gasteiger partial charge in [0.1, 0.15) is 10.6 Å². The van der Waals surface area contributed by atoms with E-state index in [9.17, 15) is 13.2 Å². The Morgan fingerprint density at radius 3 is 2.41 bits per heavy atom. The maximum absolute atomic E-state index is 13.2. The summed E-state index contributed by atoms with van der Waals surface area (Å²) in [5.41, 5.74) is 1.70. The summed E-state index contributed by atoms with van der Waals surface area (Å²) in [6, 6.07) is 9.79. The standard InChI is InChI=1S/C24H26ClN3O5S/c1-14-7-8-15(11-18(14)33-20-9-10-26-23(25)28-20)22(29)27-17-12-16(24(2,3)4)13-19(21(17)32-5)34(6,30)31/h7-13H,1-6H3,(H,27,29). The summed E-state index contributed by atoms with van der Waals surface area (Å²) in [6.07, 6.45) is 2.57. The van der Waals surface area contributed by atoms with Gasteiger partial charge in [-0.15, -0.1) is 0 Å². The molecule has 1 amide bonds. The van der Waals surface area contributed by atoms with Gasteiger partial charge in [0.15, 0.2) is 15.6 Å². The molecule has 2 aromatic carbocycles. The fourth-order valence-electron chi connectivity index (χ4n) is 3.15. The topological polar surface area (TPSA) is 107 Å². The smallest absolute Gasteiger partial charge is 0.255 e. The van der Waals surface area contributed by atoms with Gasteiger partial charge < -0.3 is 14.8 Å². The molecule has 34 heavy (non-hydrogen) atoms. The zero-order chi connectivity index (χ0) is 25.3. The maximum Gasteiger partial charge on any atom is 0.255 e. The molecule has 1 aromatic heterocycles. The van der Waals surface area contributed by atoms with Crippen LogP contribution in [0.1, 0.15) is 42.3 Å². The predicted octanol–water partition coefficient (Wildman–Crippen LogP) is 5.19. The van der Waals surface area contributed by atoms with Crippen LogP contribution in [0, 0.1) is 6.92 Å². The molecule has 8 nitrogen and oxygen atoms in total. The average molecular weight is 504 g/mol. The lowest BCUT2D eigenvalue weighted by Crippen LogP contribution is -2.17. The Morgan fingerprint density at radius 2 is 1.82 bits per heavy atom. The molecule has 0 bridgehead atoms. The van der Waals surface area contributed by atoms with Gasteiger partial charge in [-0.05, 0) is 59.3 Å². The molecule has 3 rings (SSSR count). The van der Waals surface area contributed by atoms with Crippen LogP contribution < -0.4 is 14.8 Å². The van der Waals surface area contributed by atoms with Crippen LogP contribution in [0.3, 0.4) is 0 Å². The number of carbonyl (C=O) groups is 1. The zero-order valence-electron chi connectivity index (χ0n) is 19.8. The van der Waals surface area contributed by atoms with Crippen molar-refractivity contribution in [2.75, 3.05) is 18.7 Å². The largest absolute Gasteiger partial charge is 0.493 e. The Labute approximate surface area is 204 Å². The van der Waals surface area contributed by atoms with E-state index in [1.165, 1.54) is 13.3 Å². The molecule has 0 aliphatic heterocycles. The molecule has 3 aromatic rings. The van der Waals surface area contributed by atoms with Gasteiger partial charge in [-0.2, -0.15) is 4.98 Å². The van der Waals surface area contributed by atoms with Gasteiger partial charge >= 0.3 is 0 Å². The first-order valence-electron chi connectivity index (χ1n) is 10.3. The number of hydrogen-bond acceptors (Lipinski definition) is 7. The van der Waals surface area contributed by atoms with Crippen molar-refractivity contribution in [1.82, 2.24) is 9.97 Å². The van der Waals surface area contributed by atoms with Crippen molar-refractivity contribution in [2.24, 2.45) is 0 Å². The Kier molecular flexibility index (Phi) is 7.18. The van der Waals surface area contributed by atoms with Crippen LogP contribution >= 0.6 is 11.6 Å². The van der Waals surface area contributed by atoms with Crippen molar-refractivity contribution < 1.29 is 22.7 Å². The van der Waals surface area contributed by atoms with E-state index >= 15 is 0 Å². The lowest BCUT2D eigenvalue weighted by molar-refractivity contribution is 0.102. The number of aromatic nitrogens is 2. The number of nitrogens with zero attached hydrogens (tertiary/aromatic N) is 2. The van der Waals surface area contributed by atoms with Crippen molar-refractivity contribution in [3.63, 3.8) is 0 Å². The molecular weight excluding hydrogens is 478 g/mol. The molecule has 0 aliphatic rings. The first-order valence-corrected chi connectivity index (χ1v) is 12.6. The number of nitrogens with one attached hydrogen (secondary N) is 1. The highest BCUT2D eigenvalue weighted by atomic mass is 35.5. The Morgan fingerprint density at radius 1 is 1.12 bits per heavy atom. The van der Waals surface area contributed by atoms with Crippen LogP contribution in [0.2, 0.25) is 5.28 Å². The van der Waals surface area contributed by atoms with Crippen molar-refractivity contribution in [1.29, 1.82) is 0 Å². The van der Waals surface area contributed by atoms with Gasteiger partial charge in [-0.25, -0.2) is 13.4 Å². The van der Waals surface area contributed by atoms with Gasteiger partial charge in [0.05, 0.1) is 12.8 Å². The number of benzene rings is 2. The molecule has 1 heterocycles. The summed E-state index contributed by atoms with van der Waals surface area (Å²) in [4.78, 5) is 21.0. The number of rotatable bonds is 6. The number of methoxy groups -OCH3 is 1. The normalized spacial score (nSPS) is 11.7. The van der Waals surface area contributed by atoms with E-state index in [1.807, 2.05) is 27.7 Å². The van der Waals surface area contributed by atoms with E-state index in [1.54, 1.807) is 36.4 Å². The summed E-state index contributed by atoms with van der Waals surface area (Å²) in [5.74, 6) is 0.255. The van der Waals surface area contributed by atoms with Crippen LogP contribution in [0.4, 0.5) is 5.69 Å². The van der Waals surface area contributed by atoms with Gasteiger partial charge in [0.2, 0.25) is 11.2 Å². The summed E-state index contributed by atoms with van der Waals surface area (Å²) in [7, 11) is -2.26. The minimum atomic E-state index is -3.62. The van der Waals surface area contributed by atoms with Gasteiger partial charge in [0.25, 0.3) is 5.91 Å². The third kappa shape index (κ3) is 5.84. The second kappa shape index (κ2) is 9.60. The predicted molar refractivity (Wildman–Crippen MR) is 131 cm³/mol. The summed E-state index contributed by atoms with van der Waals surface area (Å²) in [5, 5.41) is 2.83. The molecule has 0 atom stereocenters. The van der Waals surface area contributed by atoms with Gasteiger partial charge in [0, 0.05) is 24.1 Å². The number of aryl methyl sites for hydroxylation is 1. The van der Waals surface area contributed by atoms with E-state index in [0.717, 1.165) is 17.4 Å². The van der Waals surface area contributed by atoms with E-state index in [2.05, 4.69) is 15.3 Å². The van der Waals surface area contributed by atoms with Crippen LogP contribution in [-0.4, -0.2) is 37.7 Å². The van der Waals surface area contributed by atoms with E-state index in [4.69, 9.17) is 21.1 Å². The average Bonchev–Trinajstić information content (AvgIpc) is 2.73. The van der Waals surface area contributed by atoms with E-state index in [0.29, 0.717) is 11.3 Å². The highest BCUT2D eigenvalue weighted by Crippen LogP contribution is 2.38. The van der Waals surface area contributed by atoms with Crippen molar-refractivity contribution >= 4 is 33.0 Å². The maximum atomic E-state index is 13.2. The molecule has 0 radical (unpaired) electrons. The zero-order valence-corrected chi connectivity index (χ0v) is 21.3. The Hall–Kier alpha value is -3.17. The van der Waals surface area contributed by atoms with Crippen molar-refractivity contribution in [3.8, 4) is 17.4 Å². The van der Waals surface area contributed by atoms with Crippen LogP contribution in [0.15, 0.2) is 47.5 Å². The molecule has 0 spiro atoms. The first kappa shape index (κ1) is 25.5. The molecule has 0 saturated heterocycles. The van der Waals surface area contributed by atoms with Crippen LogP contribution in [0.25, 0.3) is 0 Å². The molecular formula is C24H26ClN3O5S. The lowest BCUT2D eigenvalue weighted by atomic mass is 9.86. The second-order valence-corrected chi connectivity index (χ2v) is 11.1. The number of anilines is 1. The van der Waals surface area contributed by atoms with Crippen molar-refractivity contribution in [3.05, 3.63) is 64.6 Å². The highest BCUT2D eigenvalue weighted by molar-refractivity contribution is 7.90. The van der Waals surface area contributed by atoms with Gasteiger partial charge in [-0.1, -0.05) is 26.8 Å². The molecule has 1 N–H and O–H groups in total. The summed E-state index contributed by atoms with van der Waals surface area (Å²) in [6.45, 7) is 7.69. The van der Waals surface area contributed by atoms with E-state index in [-0.39, 0.29) is 32.9 Å². The molecule has 180 valence electrons. The minimum absolute atomic E-state index is 0.00583. The summed E-state index contributed by atoms with van der Waals surface area (Å²) < 4.78 is 36.1. The second-order valence-electron chi connectivity index (χ2n) is 8.78. The number of ether oxygens (including phenoxy) is 2. The number of halogens is 1. The fraction of sp³-hybridized carbons (Fsp3) is 0.292. The quantitative estimate of drug-likeness (QED) is 0.461. The SMILES string of the molecule is COc1c(NC(=O)c2ccc(C)c(Oc3ccnc(Cl)n3)c2)cc(C(C)(C)C)cc1S(C)(=O)=O. The molecule has 0 aliphatic carbocycles. The fourth-order valence-corrected chi connectivity index (χ4v) is 4.16. The monoisotopic (exact) mass is 503 g/mol. The number of amides is 1. The Balaban J connectivity index is 2.01. The molecule has 0 saturated carbocycles. The third-order valence-electron chi connectivity index (χ3n) is 5.04. The minimum Gasteiger partial charge on any atom is -0.493 e. The van der Waals surface area contributed by atoms with Crippen molar-refractivity contribution in [2.45, 2.75) is 38.0 Å². The third-order valence-corrected chi connectivity index (χ3v) is 6.32. The number of sulfone groups is 1. The molecule has 10 heteroatoms. The van der Waals surface area contributed by atoms with Gasteiger partial charge in [-0.3, -0.25) is 4.79 Å². The first-order chi connectivity index (χ1) is 15.8. The lowest BCUT2D eigenvalue weighted by Gasteiger charge is -2.23. The number of carbonyl (C=O) groups excluding carboxylic acids is 1. The Bertz CT molecular complexity index is 1350. The molecule has 0 fully saturated rings. The summed E-state index contributed by atoms with van der Waals surface area (Å²) >= 11 is 5.82. The van der Waals surface area contributed by atoms with Crippen LogP contribution in [0.5, 0.6) is 17.4 Å². The highest BCUT2D eigenvalue weighted by Gasteiger charge is 2.25. The molecule has 0 unspecified atom stereocenters. The number of hydrogen-bond donors (Lipinski definition) is 1. The van der Waals surface area contributed by atoms with E-state index < -0.39 is 15.7 Å². The van der Waals surface area contributed by atoms with Crippen LogP contribution in [-0.2, 0) is 15.3 Å².